The summed E-state index contributed by atoms with van der Waals surface area (Å²) < 4.78 is 25.3. The number of hydrogen-bond donors (Lipinski definition) is 1. The largest absolute Gasteiger partial charge is 0.349 e. The molecule has 0 radical (unpaired) electrons. The molecule has 2 heterocycles. The molecule has 0 saturated carbocycles. The molecule has 140 valence electrons. The molecule has 6 nitrogen and oxygen atoms in total. The number of likely N-dealkylation sites (tertiary alicyclic amines) is 1. The molecule has 1 N–H and O–H groups in total. The van der Waals surface area contributed by atoms with Crippen LogP contribution in [0.1, 0.15) is 30.9 Å². The Labute approximate surface area is 161 Å². The third-order valence-electron chi connectivity index (χ3n) is 4.95. The summed E-state index contributed by atoms with van der Waals surface area (Å²) in [5, 5.41) is 3.00. The maximum Gasteiger partial charge on any atom is 0.245 e. The minimum Gasteiger partial charge on any atom is -0.349 e. The summed E-state index contributed by atoms with van der Waals surface area (Å²) in [6, 6.07) is 4.69. The molecule has 3 rings (SSSR count). The van der Waals surface area contributed by atoms with E-state index < -0.39 is 9.84 Å². The smallest absolute Gasteiger partial charge is 0.245 e. The minimum atomic E-state index is -3.31. The SMILES string of the molecule is C=CC(=O)N1CCCC(C(=O)NC2CCS(=O)(=O)c3ccc(Br)cc32)C1. The first-order chi connectivity index (χ1) is 12.3. The van der Waals surface area contributed by atoms with Crippen molar-refractivity contribution < 1.29 is 18.0 Å². The van der Waals surface area contributed by atoms with E-state index in [4.69, 9.17) is 0 Å². The number of carbonyl (C=O) groups is 2. The molecule has 1 aromatic rings. The number of hydrogen-bond acceptors (Lipinski definition) is 4. The molecular weight excluding hydrogens is 420 g/mol. The van der Waals surface area contributed by atoms with Gasteiger partial charge in [0.05, 0.1) is 22.6 Å². The van der Waals surface area contributed by atoms with Crippen molar-refractivity contribution in [1.29, 1.82) is 0 Å². The zero-order chi connectivity index (χ0) is 18.9. The van der Waals surface area contributed by atoms with Gasteiger partial charge in [-0.15, -0.1) is 0 Å². The molecule has 0 aliphatic carbocycles. The molecule has 2 aliphatic heterocycles. The van der Waals surface area contributed by atoms with Crippen molar-refractivity contribution in [2.75, 3.05) is 18.8 Å². The van der Waals surface area contributed by atoms with Gasteiger partial charge >= 0.3 is 0 Å². The average molecular weight is 441 g/mol. The highest BCUT2D eigenvalue weighted by atomic mass is 79.9. The quantitative estimate of drug-likeness (QED) is 0.730. The van der Waals surface area contributed by atoms with Crippen LogP contribution in [0.25, 0.3) is 0 Å². The standard InChI is InChI=1S/C18H21BrN2O4S/c1-2-17(22)21-8-3-4-12(11-21)18(23)20-15-7-9-26(24,25)16-6-5-13(19)10-14(15)16/h2,5-6,10,12,15H,1,3-4,7-9,11H2,(H,20,23). The van der Waals surface area contributed by atoms with Crippen molar-refractivity contribution in [2.24, 2.45) is 5.92 Å². The predicted molar refractivity (Wildman–Crippen MR) is 101 cm³/mol. The van der Waals surface area contributed by atoms with Crippen LogP contribution < -0.4 is 5.32 Å². The van der Waals surface area contributed by atoms with Crippen molar-refractivity contribution in [3.05, 3.63) is 40.9 Å². The fraction of sp³-hybridized carbons (Fsp3) is 0.444. The predicted octanol–water partition coefficient (Wildman–Crippen LogP) is 2.21. The lowest BCUT2D eigenvalue weighted by molar-refractivity contribution is -0.132. The molecule has 0 bridgehead atoms. The lowest BCUT2D eigenvalue weighted by Crippen LogP contribution is -2.46. The van der Waals surface area contributed by atoms with Crippen LogP contribution in [0, 0.1) is 5.92 Å². The van der Waals surface area contributed by atoms with Gasteiger partial charge in [-0.2, -0.15) is 0 Å². The maximum absolute atomic E-state index is 12.7. The monoisotopic (exact) mass is 440 g/mol. The lowest BCUT2D eigenvalue weighted by atomic mass is 9.95. The van der Waals surface area contributed by atoms with Crippen LogP contribution in [-0.4, -0.2) is 44.0 Å². The molecule has 1 saturated heterocycles. The van der Waals surface area contributed by atoms with Gasteiger partial charge in [0.15, 0.2) is 9.84 Å². The van der Waals surface area contributed by atoms with E-state index in [1.54, 1.807) is 23.1 Å². The van der Waals surface area contributed by atoms with Crippen LogP contribution >= 0.6 is 15.9 Å². The van der Waals surface area contributed by atoms with Crippen LogP contribution in [0.4, 0.5) is 0 Å². The van der Waals surface area contributed by atoms with Gasteiger partial charge in [-0.1, -0.05) is 22.5 Å². The van der Waals surface area contributed by atoms with Crippen molar-refractivity contribution in [3.8, 4) is 0 Å². The molecule has 1 aromatic carbocycles. The second kappa shape index (κ2) is 7.52. The van der Waals surface area contributed by atoms with Crippen molar-refractivity contribution in [3.63, 3.8) is 0 Å². The number of nitrogens with one attached hydrogen (secondary N) is 1. The van der Waals surface area contributed by atoms with Crippen LogP contribution in [-0.2, 0) is 19.4 Å². The van der Waals surface area contributed by atoms with Gasteiger partial charge in [0.1, 0.15) is 0 Å². The summed E-state index contributed by atoms with van der Waals surface area (Å²) in [6.45, 7) is 4.49. The first-order valence-electron chi connectivity index (χ1n) is 8.56. The third kappa shape index (κ3) is 3.86. The van der Waals surface area contributed by atoms with Gasteiger partial charge in [-0.25, -0.2) is 8.42 Å². The number of piperidine rings is 1. The number of carbonyl (C=O) groups excluding carboxylic acids is 2. The van der Waals surface area contributed by atoms with Gasteiger partial charge in [0.25, 0.3) is 0 Å². The second-order valence-corrected chi connectivity index (χ2v) is 9.67. The molecule has 0 spiro atoms. The van der Waals surface area contributed by atoms with Crippen LogP contribution in [0.3, 0.4) is 0 Å². The van der Waals surface area contributed by atoms with Gasteiger partial charge in [0, 0.05) is 17.6 Å². The Bertz CT molecular complexity index is 853. The molecular formula is C18H21BrN2O4S. The first kappa shape index (κ1) is 19.1. The number of amides is 2. The van der Waals surface area contributed by atoms with Gasteiger partial charge in [0.2, 0.25) is 11.8 Å². The van der Waals surface area contributed by atoms with Crippen molar-refractivity contribution in [2.45, 2.75) is 30.2 Å². The highest BCUT2D eigenvalue weighted by Gasteiger charge is 2.34. The van der Waals surface area contributed by atoms with E-state index in [0.29, 0.717) is 31.5 Å². The third-order valence-corrected chi connectivity index (χ3v) is 7.26. The normalized spacial score (nSPS) is 24.4. The average Bonchev–Trinajstić information content (AvgIpc) is 2.63. The van der Waals surface area contributed by atoms with E-state index in [-0.39, 0.29) is 34.4 Å². The van der Waals surface area contributed by atoms with Crippen LogP contribution in [0.2, 0.25) is 0 Å². The Morgan fingerprint density at radius 1 is 1.31 bits per heavy atom. The van der Waals surface area contributed by atoms with Crippen LogP contribution in [0.15, 0.2) is 40.2 Å². The van der Waals surface area contributed by atoms with Gasteiger partial charge in [-0.05, 0) is 49.1 Å². The molecule has 2 amide bonds. The summed E-state index contributed by atoms with van der Waals surface area (Å²) in [4.78, 5) is 26.5. The second-order valence-electron chi connectivity index (χ2n) is 6.68. The Morgan fingerprint density at radius 3 is 2.81 bits per heavy atom. The van der Waals surface area contributed by atoms with E-state index >= 15 is 0 Å². The molecule has 1 fully saturated rings. The number of rotatable bonds is 3. The molecule has 8 heteroatoms. The summed E-state index contributed by atoms with van der Waals surface area (Å²) >= 11 is 3.37. The van der Waals surface area contributed by atoms with E-state index in [2.05, 4.69) is 27.8 Å². The summed E-state index contributed by atoms with van der Waals surface area (Å²) in [7, 11) is -3.31. The van der Waals surface area contributed by atoms with Crippen LogP contribution in [0.5, 0.6) is 0 Å². The van der Waals surface area contributed by atoms with E-state index in [1.165, 1.54) is 6.08 Å². The van der Waals surface area contributed by atoms with E-state index in [9.17, 15) is 18.0 Å². The summed E-state index contributed by atoms with van der Waals surface area (Å²) in [5.74, 6) is -0.581. The maximum atomic E-state index is 12.7. The fourth-order valence-electron chi connectivity index (χ4n) is 3.57. The number of sulfone groups is 1. The summed E-state index contributed by atoms with van der Waals surface area (Å²) in [6.07, 6.45) is 3.08. The highest BCUT2D eigenvalue weighted by Crippen LogP contribution is 2.34. The molecule has 2 atom stereocenters. The number of halogens is 1. The summed E-state index contributed by atoms with van der Waals surface area (Å²) in [5.41, 5.74) is 0.619. The minimum absolute atomic E-state index is 0.0122. The van der Waals surface area contributed by atoms with Crippen molar-refractivity contribution >= 4 is 37.6 Å². The Hall–Kier alpha value is -1.67. The van der Waals surface area contributed by atoms with Gasteiger partial charge in [-0.3, -0.25) is 9.59 Å². The zero-order valence-electron chi connectivity index (χ0n) is 14.3. The fourth-order valence-corrected chi connectivity index (χ4v) is 5.55. The zero-order valence-corrected chi connectivity index (χ0v) is 16.7. The topological polar surface area (TPSA) is 83.6 Å². The highest BCUT2D eigenvalue weighted by molar-refractivity contribution is 9.10. The Balaban J connectivity index is 1.77. The molecule has 0 aromatic heterocycles. The Kier molecular flexibility index (Phi) is 5.53. The first-order valence-corrected chi connectivity index (χ1v) is 11.0. The van der Waals surface area contributed by atoms with Gasteiger partial charge < -0.3 is 10.2 Å². The Morgan fingerprint density at radius 2 is 2.08 bits per heavy atom. The number of benzene rings is 1. The number of nitrogens with zero attached hydrogens (tertiary/aromatic N) is 1. The van der Waals surface area contributed by atoms with E-state index in [0.717, 1.165) is 10.9 Å². The molecule has 2 aliphatic rings. The number of fused-ring (bicyclic) bond motifs is 1. The molecule has 2 unspecified atom stereocenters. The van der Waals surface area contributed by atoms with Crippen molar-refractivity contribution in [1.82, 2.24) is 10.2 Å². The lowest BCUT2D eigenvalue weighted by Gasteiger charge is -2.33. The molecule has 26 heavy (non-hydrogen) atoms. The van der Waals surface area contributed by atoms with E-state index in [1.807, 2.05) is 0 Å².